The van der Waals surface area contributed by atoms with Crippen molar-refractivity contribution in [1.82, 2.24) is 0 Å². The van der Waals surface area contributed by atoms with Gasteiger partial charge in [0, 0.05) is 17.7 Å². The number of rotatable bonds is 0. The van der Waals surface area contributed by atoms with Crippen molar-refractivity contribution < 1.29 is 4.79 Å². The van der Waals surface area contributed by atoms with Crippen LogP contribution in [-0.2, 0) is 16.6 Å². The standard InChI is InChI=1S/C14H17NO/c1-9-7-10-5-6-11(14(2,3)4)8-12(10)15-13(9)16/h5-6,8H,1,7H2,2-4H3,(H,15,16). The normalized spacial score (nSPS) is 15.7. The van der Waals surface area contributed by atoms with Gasteiger partial charge in [-0.3, -0.25) is 4.79 Å². The van der Waals surface area contributed by atoms with Gasteiger partial charge in [-0.2, -0.15) is 0 Å². The maximum absolute atomic E-state index is 11.5. The SMILES string of the molecule is C=C1Cc2ccc(C(C)(C)C)cc2NC1=O. The lowest BCUT2D eigenvalue weighted by Crippen LogP contribution is -2.22. The van der Waals surface area contributed by atoms with Crippen LogP contribution >= 0.6 is 0 Å². The molecule has 1 aliphatic heterocycles. The number of anilines is 1. The average molecular weight is 215 g/mol. The Bertz CT molecular complexity index is 466. The van der Waals surface area contributed by atoms with Crippen molar-refractivity contribution in [3.8, 4) is 0 Å². The van der Waals surface area contributed by atoms with Gasteiger partial charge in [0.05, 0.1) is 0 Å². The summed E-state index contributed by atoms with van der Waals surface area (Å²) in [5.74, 6) is -0.0569. The Kier molecular flexibility index (Phi) is 2.38. The van der Waals surface area contributed by atoms with Gasteiger partial charge < -0.3 is 5.32 Å². The Morgan fingerprint density at radius 1 is 1.31 bits per heavy atom. The van der Waals surface area contributed by atoms with Crippen molar-refractivity contribution in [3.63, 3.8) is 0 Å². The van der Waals surface area contributed by atoms with Crippen molar-refractivity contribution in [3.05, 3.63) is 41.5 Å². The zero-order valence-electron chi connectivity index (χ0n) is 10.1. The summed E-state index contributed by atoms with van der Waals surface area (Å²) in [6, 6.07) is 6.28. The number of fused-ring (bicyclic) bond motifs is 1. The maximum atomic E-state index is 11.5. The maximum Gasteiger partial charge on any atom is 0.251 e. The molecule has 84 valence electrons. The largest absolute Gasteiger partial charge is 0.322 e. The lowest BCUT2D eigenvalue weighted by atomic mass is 9.85. The fraction of sp³-hybridized carbons (Fsp3) is 0.357. The van der Waals surface area contributed by atoms with Crippen LogP contribution in [0.3, 0.4) is 0 Å². The van der Waals surface area contributed by atoms with Gasteiger partial charge in [-0.1, -0.05) is 39.5 Å². The number of hydrogen-bond acceptors (Lipinski definition) is 1. The minimum absolute atomic E-state index is 0.0569. The molecule has 1 aliphatic rings. The monoisotopic (exact) mass is 215 g/mol. The molecule has 1 aromatic rings. The lowest BCUT2D eigenvalue weighted by molar-refractivity contribution is -0.113. The quantitative estimate of drug-likeness (QED) is 0.662. The lowest BCUT2D eigenvalue weighted by Gasteiger charge is -2.24. The van der Waals surface area contributed by atoms with Crippen LogP contribution in [0, 0.1) is 0 Å². The molecule has 1 amide bonds. The van der Waals surface area contributed by atoms with Crippen LogP contribution in [0.5, 0.6) is 0 Å². The second kappa shape index (κ2) is 3.48. The zero-order chi connectivity index (χ0) is 11.9. The van der Waals surface area contributed by atoms with Crippen molar-refractivity contribution >= 4 is 11.6 Å². The van der Waals surface area contributed by atoms with Gasteiger partial charge in [-0.05, 0) is 22.6 Å². The van der Waals surface area contributed by atoms with E-state index in [-0.39, 0.29) is 11.3 Å². The minimum Gasteiger partial charge on any atom is -0.322 e. The van der Waals surface area contributed by atoms with Crippen LogP contribution in [0.25, 0.3) is 0 Å². The molecule has 2 nitrogen and oxygen atoms in total. The molecule has 0 radical (unpaired) electrons. The summed E-state index contributed by atoms with van der Waals surface area (Å²) in [7, 11) is 0. The summed E-state index contributed by atoms with van der Waals surface area (Å²) in [5.41, 5.74) is 4.06. The van der Waals surface area contributed by atoms with Gasteiger partial charge in [0.1, 0.15) is 0 Å². The van der Waals surface area contributed by atoms with Crippen LogP contribution in [0.1, 0.15) is 31.9 Å². The molecule has 0 unspecified atom stereocenters. The number of carbonyl (C=O) groups is 1. The van der Waals surface area contributed by atoms with E-state index in [1.807, 2.05) is 0 Å². The van der Waals surface area contributed by atoms with E-state index in [9.17, 15) is 4.79 Å². The molecule has 1 aromatic carbocycles. The van der Waals surface area contributed by atoms with Crippen molar-refractivity contribution in [1.29, 1.82) is 0 Å². The van der Waals surface area contributed by atoms with Gasteiger partial charge in [0.15, 0.2) is 0 Å². The summed E-state index contributed by atoms with van der Waals surface area (Å²) >= 11 is 0. The third-order valence-corrected chi connectivity index (χ3v) is 2.95. The Morgan fingerprint density at radius 2 is 2.00 bits per heavy atom. The molecule has 0 bridgehead atoms. The average Bonchev–Trinajstić information content (AvgIpc) is 2.17. The van der Waals surface area contributed by atoms with Crippen molar-refractivity contribution in [2.45, 2.75) is 32.6 Å². The second-order valence-electron chi connectivity index (χ2n) is 5.36. The van der Waals surface area contributed by atoms with E-state index in [0.717, 1.165) is 11.3 Å². The first-order valence-electron chi connectivity index (χ1n) is 5.50. The molecule has 2 heteroatoms. The van der Waals surface area contributed by atoms with E-state index in [2.05, 4.69) is 50.9 Å². The van der Waals surface area contributed by atoms with Crippen LogP contribution in [-0.4, -0.2) is 5.91 Å². The molecule has 1 heterocycles. The fourth-order valence-electron chi connectivity index (χ4n) is 1.83. The van der Waals surface area contributed by atoms with E-state index in [0.29, 0.717) is 12.0 Å². The van der Waals surface area contributed by atoms with E-state index in [1.54, 1.807) is 0 Å². The molecule has 2 rings (SSSR count). The molecule has 0 saturated heterocycles. The third kappa shape index (κ3) is 1.87. The van der Waals surface area contributed by atoms with Crippen LogP contribution in [0.2, 0.25) is 0 Å². The zero-order valence-corrected chi connectivity index (χ0v) is 10.1. The highest BCUT2D eigenvalue weighted by Crippen LogP contribution is 2.30. The molecule has 0 fully saturated rings. The minimum atomic E-state index is -0.0569. The highest BCUT2D eigenvalue weighted by atomic mass is 16.1. The van der Waals surface area contributed by atoms with Crippen LogP contribution in [0.15, 0.2) is 30.4 Å². The Balaban J connectivity index is 2.44. The molecule has 16 heavy (non-hydrogen) atoms. The van der Waals surface area contributed by atoms with Gasteiger partial charge >= 0.3 is 0 Å². The molecule has 1 N–H and O–H groups in total. The van der Waals surface area contributed by atoms with E-state index in [1.165, 1.54) is 5.56 Å². The third-order valence-electron chi connectivity index (χ3n) is 2.95. The summed E-state index contributed by atoms with van der Waals surface area (Å²) in [4.78, 5) is 11.5. The summed E-state index contributed by atoms with van der Waals surface area (Å²) < 4.78 is 0. The molecule has 0 saturated carbocycles. The number of carbonyl (C=O) groups excluding carboxylic acids is 1. The highest BCUT2D eigenvalue weighted by molar-refractivity contribution is 6.06. The van der Waals surface area contributed by atoms with Gasteiger partial charge in [-0.25, -0.2) is 0 Å². The van der Waals surface area contributed by atoms with E-state index < -0.39 is 0 Å². The predicted octanol–water partition coefficient (Wildman–Crippen LogP) is 3.03. The number of amides is 1. The van der Waals surface area contributed by atoms with E-state index in [4.69, 9.17) is 0 Å². The number of benzene rings is 1. The smallest absolute Gasteiger partial charge is 0.251 e. The Labute approximate surface area is 96.4 Å². The number of nitrogens with one attached hydrogen (secondary N) is 1. The first-order chi connectivity index (χ1) is 7.38. The van der Waals surface area contributed by atoms with Gasteiger partial charge in [-0.15, -0.1) is 0 Å². The van der Waals surface area contributed by atoms with Crippen molar-refractivity contribution in [2.24, 2.45) is 0 Å². The Morgan fingerprint density at radius 3 is 2.62 bits per heavy atom. The molecular weight excluding hydrogens is 198 g/mol. The molecule has 0 aliphatic carbocycles. The first kappa shape index (κ1) is 10.9. The molecule has 0 atom stereocenters. The van der Waals surface area contributed by atoms with Crippen LogP contribution in [0.4, 0.5) is 5.69 Å². The predicted molar refractivity (Wildman–Crippen MR) is 66.6 cm³/mol. The van der Waals surface area contributed by atoms with Gasteiger partial charge in [0.2, 0.25) is 0 Å². The number of hydrogen-bond donors (Lipinski definition) is 1. The topological polar surface area (TPSA) is 29.1 Å². The van der Waals surface area contributed by atoms with Crippen molar-refractivity contribution in [2.75, 3.05) is 5.32 Å². The molecule has 0 aromatic heterocycles. The summed E-state index contributed by atoms with van der Waals surface area (Å²) in [6.45, 7) is 10.2. The molecular formula is C14H17NO. The summed E-state index contributed by atoms with van der Waals surface area (Å²) in [6.07, 6.45) is 0.658. The highest BCUT2D eigenvalue weighted by Gasteiger charge is 2.21. The van der Waals surface area contributed by atoms with Gasteiger partial charge in [0.25, 0.3) is 5.91 Å². The van der Waals surface area contributed by atoms with Crippen LogP contribution < -0.4 is 5.32 Å². The fourth-order valence-corrected chi connectivity index (χ4v) is 1.83. The first-order valence-corrected chi connectivity index (χ1v) is 5.50. The second-order valence-corrected chi connectivity index (χ2v) is 5.36. The Hall–Kier alpha value is -1.57. The molecule has 0 spiro atoms. The summed E-state index contributed by atoms with van der Waals surface area (Å²) in [5, 5.41) is 2.88. The van der Waals surface area contributed by atoms with E-state index >= 15 is 0 Å².